The molecule has 2 aromatic carbocycles. The van der Waals surface area contributed by atoms with Gasteiger partial charge in [-0.25, -0.2) is 18.4 Å². The molecule has 0 fully saturated rings. The number of benzene rings is 2. The number of ether oxygens (including phenoxy) is 1. The molecule has 0 saturated heterocycles. The molecule has 0 aliphatic rings. The first-order chi connectivity index (χ1) is 18.6. The maximum absolute atomic E-state index is 13.5. The smallest absolute Gasteiger partial charge is 0.263 e. The number of hydrogen-bond acceptors (Lipinski definition) is 9. The molecule has 0 aliphatic heterocycles. The van der Waals surface area contributed by atoms with Crippen LogP contribution in [0.25, 0.3) is 11.1 Å². The second-order valence-electron chi connectivity index (χ2n) is 8.99. The van der Waals surface area contributed by atoms with E-state index in [-0.39, 0.29) is 17.3 Å². The molecule has 2 heterocycles. The Morgan fingerprint density at radius 3 is 2.49 bits per heavy atom. The summed E-state index contributed by atoms with van der Waals surface area (Å²) in [4.78, 5) is 8.75. The summed E-state index contributed by atoms with van der Waals surface area (Å²) in [6.07, 6.45) is 0. The molecule has 2 N–H and O–H groups in total. The zero-order valence-corrected chi connectivity index (χ0v) is 23.3. The molecule has 2 aromatic heterocycles. The van der Waals surface area contributed by atoms with Crippen LogP contribution in [0.15, 0.2) is 51.9 Å². The summed E-state index contributed by atoms with van der Waals surface area (Å²) in [6, 6.07) is 14.7. The summed E-state index contributed by atoms with van der Waals surface area (Å²) in [5.74, 6) is 1.74. The molecule has 0 radical (unpaired) electrons. The number of aromatic nitrogens is 3. The molecule has 0 unspecified atom stereocenters. The van der Waals surface area contributed by atoms with Crippen molar-refractivity contribution < 1.29 is 17.7 Å². The zero-order chi connectivity index (χ0) is 28.2. The van der Waals surface area contributed by atoms with Crippen molar-refractivity contribution in [3.63, 3.8) is 0 Å². The molecular weight excluding hydrogens is 516 g/mol. The van der Waals surface area contributed by atoms with E-state index < -0.39 is 10.0 Å². The molecule has 0 atom stereocenters. The van der Waals surface area contributed by atoms with Crippen molar-refractivity contribution in [1.29, 1.82) is 5.26 Å². The summed E-state index contributed by atoms with van der Waals surface area (Å²) >= 11 is 0. The van der Waals surface area contributed by atoms with Gasteiger partial charge in [0.2, 0.25) is 0 Å². The number of nitriles is 1. The van der Waals surface area contributed by atoms with Crippen LogP contribution in [0.5, 0.6) is 0 Å². The van der Waals surface area contributed by atoms with Gasteiger partial charge in [0.25, 0.3) is 10.0 Å². The summed E-state index contributed by atoms with van der Waals surface area (Å²) < 4.78 is 40.3. The van der Waals surface area contributed by atoms with E-state index in [0.717, 1.165) is 16.7 Å². The fraction of sp³-hybridized carbons (Fsp3) is 0.286. The highest BCUT2D eigenvalue weighted by Crippen LogP contribution is 2.33. The van der Waals surface area contributed by atoms with Crippen LogP contribution in [0.2, 0.25) is 0 Å². The molecule has 4 aromatic rings. The Kier molecular flexibility index (Phi) is 8.28. The lowest BCUT2D eigenvalue weighted by Crippen LogP contribution is -2.15. The van der Waals surface area contributed by atoms with Crippen molar-refractivity contribution in [2.45, 2.75) is 52.7 Å². The number of aryl methyl sites for hydroxylation is 3. The first-order valence-corrected chi connectivity index (χ1v) is 13.9. The van der Waals surface area contributed by atoms with Crippen molar-refractivity contribution >= 4 is 21.7 Å². The van der Waals surface area contributed by atoms with Crippen molar-refractivity contribution in [2.75, 3.05) is 16.6 Å². The average molecular weight is 547 g/mol. The van der Waals surface area contributed by atoms with Gasteiger partial charge in [0.05, 0.1) is 17.2 Å². The predicted octanol–water partition coefficient (Wildman–Crippen LogP) is 5.19. The number of anilines is 2. The number of nitrogens with zero attached hydrogens (tertiary/aromatic N) is 4. The van der Waals surface area contributed by atoms with E-state index in [2.05, 4.69) is 31.2 Å². The van der Waals surface area contributed by atoms with Crippen LogP contribution in [-0.4, -0.2) is 30.1 Å². The minimum Gasteiger partial charge on any atom is -0.377 e. The molecule has 202 valence electrons. The Balaban J connectivity index is 1.69. The van der Waals surface area contributed by atoms with Crippen molar-refractivity contribution in [3.8, 4) is 17.2 Å². The van der Waals surface area contributed by atoms with E-state index in [9.17, 15) is 13.7 Å². The van der Waals surface area contributed by atoms with Gasteiger partial charge >= 0.3 is 0 Å². The highest BCUT2D eigenvalue weighted by atomic mass is 32.2. The van der Waals surface area contributed by atoms with Crippen molar-refractivity contribution in [2.24, 2.45) is 0 Å². The number of nitrogens with one attached hydrogen (secondary N) is 2. The van der Waals surface area contributed by atoms with Gasteiger partial charge in [0.1, 0.15) is 29.0 Å². The lowest BCUT2D eigenvalue weighted by Gasteiger charge is -2.17. The summed E-state index contributed by atoms with van der Waals surface area (Å²) in [5.41, 5.74) is 4.64. The summed E-state index contributed by atoms with van der Waals surface area (Å²) in [7, 11) is -3.98. The SMILES string of the molecule is CCOCc1cc(CNc2nc(C)nc(C)c2C#N)ccc1-c1ccccc1S(=O)(=O)Nc1noc(C)c1C. The van der Waals surface area contributed by atoms with E-state index in [0.29, 0.717) is 52.9 Å². The van der Waals surface area contributed by atoms with E-state index >= 15 is 0 Å². The summed E-state index contributed by atoms with van der Waals surface area (Å²) in [5, 5.41) is 16.6. The van der Waals surface area contributed by atoms with Gasteiger partial charge in [-0.05, 0) is 57.4 Å². The molecule has 4 rings (SSSR count). The Hall–Kier alpha value is -4.27. The molecule has 0 saturated carbocycles. The minimum absolute atomic E-state index is 0.110. The Morgan fingerprint density at radius 2 is 1.79 bits per heavy atom. The fourth-order valence-electron chi connectivity index (χ4n) is 4.13. The van der Waals surface area contributed by atoms with Crippen LogP contribution in [0, 0.1) is 39.0 Å². The predicted molar refractivity (Wildman–Crippen MR) is 148 cm³/mol. The van der Waals surface area contributed by atoms with E-state index in [1.807, 2.05) is 25.1 Å². The van der Waals surface area contributed by atoms with Gasteiger partial charge in [-0.15, -0.1) is 0 Å². The quantitative estimate of drug-likeness (QED) is 0.275. The maximum Gasteiger partial charge on any atom is 0.263 e. The molecular formula is C28H30N6O4S. The standard InChI is InChI=1S/C28H30N6O4S/c1-6-37-16-22-13-21(15-30-28-25(14-29)18(3)31-20(5)32-28)11-12-23(22)24-9-7-8-10-26(24)39(35,36)34-27-17(2)19(4)38-33-27/h7-13H,6,15-16H2,1-5H3,(H,33,34)(H,30,31,32). The fourth-order valence-corrected chi connectivity index (χ4v) is 5.41. The topological polar surface area (TPSA) is 143 Å². The Labute approximate surface area is 228 Å². The second kappa shape index (κ2) is 11.6. The monoisotopic (exact) mass is 546 g/mol. The van der Waals surface area contributed by atoms with Crippen LogP contribution >= 0.6 is 0 Å². The third-order valence-corrected chi connectivity index (χ3v) is 7.66. The first kappa shape index (κ1) is 27.8. The van der Waals surface area contributed by atoms with Gasteiger partial charge in [0, 0.05) is 24.3 Å². The van der Waals surface area contributed by atoms with Crippen LogP contribution in [0.1, 0.15) is 46.5 Å². The van der Waals surface area contributed by atoms with Gasteiger partial charge in [-0.3, -0.25) is 4.72 Å². The summed E-state index contributed by atoms with van der Waals surface area (Å²) in [6.45, 7) is 10.1. The normalized spacial score (nSPS) is 11.3. The molecule has 11 heteroatoms. The Bertz CT molecular complexity index is 1660. The highest BCUT2D eigenvalue weighted by molar-refractivity contribution is 7.92. The van der Waals surface area contributed by atoms with Crippen LogP contribution < -0.4 is 10.0 Å². The third kappa shape index (κ3) is 6.08. The van der Waals surface area contributed by atoms with Crippen LogP contribution in [0.4, 0.5) is 11.6 Å². The molecule has 0 bridgehead atoms. The lowest BCUT2D eigenvalue weighted by molar-refractivity contribution is 0.134. The lowest BCUT2D eigenvalue weighted by atomic mass is 9.97. The van der Waals surface area contributed by atoms with Crippen LogP contribution in [-0.2, 0) is 27.9 Å². The first-order valence-electron chi connectivity index (χ1n) is 12.4. The average Bonchev–Trinajstić information content (AvgIpc) is 3.22. The van der Waals surface area contributed by atoms with Crippen molar-refractivity contribution in [3.05, 3.63) is 82.0 Å². The van der Waals surface area contributed by atoms with Gasteiger partial charge in [-0.1, -0.05) is 41.6 Å². The number of rotatable bonds is 10. The van der Waals surface area contributed by atoms with Gasteiger partial charge in [-0.2, -0.15) is 5.26 Å². The van der Waals surface area contributed by atoms with E-state index in [1.165, 1.54) is 0 Å². The van der Waals surface area contributed by atoms with Crippen molar-refractivity contribution in [1.82, 2.24) is 15.1 Å². The largest absolute Gasteiger partial charge is 0.377 e. The number of sulfonamides is 1. The van der Waals surface area contributed by atoms with E-state index in [4.69, 9.17) is 9.26 Å². The molecule has 39 heavy (non-hydrogen) atoms. The van der Waals surface area contributed by atoms with Gasteiger partial charge < -0.3 is 14.6 Å². The second-order valence-corrected chi connectivity index (χ2v) is 10.6. The third-order valence-electron chi connectivity index (χ3n) is 6.26. The Morgan fingerprint density at radius 1 is 1.03 bits per heavy atom. The zero-order valence-electron chi connectivity index (χ0n) is 22.5. The van der Waals surface area contributed by atoms with Gasteiger partial charge in [0.15, 0.2) is 5.82 Å². The molecule has 0 aliphatic carbocycles. The number of hydrogen-bond donors (Lipinski definition) is 2. The molecule has 0 spiro atoms. The molecule has 0 amide bonds. The van der Waals surface area contributed by atoms with Crippen LogP contribution in [0.3, 0.4) is 0 Å². The highest BCUT2D eigenvalue weighted by Gasteiger charge is 2.23. The minimum atomic E-state index is -3.98. The maximum atomic E-state index is 13.5. The molecule has 10 nitrogen and oxygen atoms in total. The van der Waals surface area contributed by atoms with E-state index in [1.54, 1.807) is 52.0 Å².